The first-order valence-corrected chi connectivity index (χ1v) is 5.73. The summed E-state index contributed by atoms with van der Waals surface area (Å²) in [6, 6.07) is 7.73. The quantitative estimate of drug-likeness (QED) is 0.618. The van der Waals surface area contributed by atoms with E-state index in [0.29, 0.717) is 0 Å². The topological polar surface area (TPSA) is 52.4 Å². The van der Waals surface area contributed by atoms with E-state index in [0.717, 1.165) is 10.0 Å². The van der Waals surface area contributed by atoms with Crippen LogP contribution in [0, 0.1) is 10.1 Å². The molecule has 0 aromatic heterocycles. The minimum Gasteiger partial charge on any atom is -0.364 e. The minimum atomic E-state index is -0.503. The van der Waals surface area contributed by atoms with Gasteiger partial charge in [-0.2, -0.15) is 0 Å². The van der Waals surface area contributed by atoms with E-state index < -0.39 is 5.60 Å². The van der Waals surface area contributed by atoms with Crippen molar-refractivity contribution in [2.24, 2.45) is 0 Å². The van der Waals surface area contributed by atoms with Gasteiger partial charge in [-0.25, -0.2) is 0 Å². The number of rotatable bonds is 5. The Morgan fingerprint density at radius 3 is 2.44 bits per heavy atom. The van der Waals surface area contributed by atoms with Crippen LogP contribution in [0.4, 0.5) is 0 Å². The molecule has 1 aromatic carbocycles. The Hall–Kier alpha value is -0.940. The average molecular weight is 288 g/mol. The van der Waals surface area contributed by atoms with Crippen LogP contribution in [0.1, 0.15) is 19.4 Å². The summed E-state index contributed by atoms with van der Waals surface area (Å²) < 4.78 is 6.51. The fourth-order valence-electron chi connectivity index (χ4n) is 1.31. The Bertz CT molecular complexity index is 362. The predicted octanol–water partition coefficient (Wildman–Crippen LogP) is 2.98. The van der Waals surface area contributed by atoms with Crippen LogP contribution < -0.4 is 0 Å². The van der Waals surface area contributed by atoms with Gasteiger partial charge in [0.15, 0.2) is 0 Å². The van der Waals surface area contributed by atoms with Crippen molar-refractivity contribution < 1.29 is 9.66 Å². The molecular formula is C11H14BrNO3. The van der Waals surface area contributed by atoms with Crippen LogP contribution in [0.25, 0.3) is 0 Å². The van der Waals surface area contributed by atoms with E-state index in [-0.39, 0.29) is 18.1 Å². The van der Waals surface area contributed by atoms with E-state index in [1.165, 1.54) is 0 Å². The molecule has 1 aromatic rings. The van der Waals surface area contributed by atoms with Crippen molar-refractivity contribution in [3.8, 4) is 0 Å². The SMILES string of the molecule is CC(C)(OCC[N+](=O)[O-])c1ccc(Br)cc1. The Balaban J connectivity index is 2.62. The van der Waals surface area contributed by atoms with Gasteiger partial charge in [-0.05, 0) is 31.5 Å². The molecule has 0 radical (unpaired) electrons. The molecule has 0 amide bonds. The number of hydrogen-bond acceptors (Lipinski definition) is 3. The normalized spacial score (nSPS) is 11.4. The van der Waals surface area contributed by atoms with E-state index in [2.05, 4.69) is 15.9 Å². The molecule has 0 N–H and O–H groups in total. The van der Waals surface area contributed by atoms with Crippen molar-refractivity contribution in [3.05, 3.63) is 44.4 Å². The summed E-state index contributed by atoms with van der Waals surface area (Å²) in [5.74, 6) is 0. The lowest BCUT2D eigenvalue weighted by atomic mass is 9.98. The van der Waals surface area contributed by atoms with Crippen molar-refractivity contribution in [3.63, 3.8) is 0 Å². The lowest BCUT2D eigenvalue weighted by molar-refractivity contribution is -0.485. The van der Waals surface area contributed by atoms with E-state index in [9.17, 15) is 10.1 Å². The van der Waals surface area contributed by atoms with Crippen LogP contribution in [0.5, 0.6) is 0 Å². The highest BCUT2D eigenvalue weighted by Crippen LogP contribution is 2.25. The average Bonchev–Trinajstić information content (AvgIpc) is 2.17. The van der Waals surface area contributed by atoms with Gasteiger partial charge in [0.1, 0.15) is 6.61 Å². The second-order valence-electron chi connectivity index (χ2n) is 3.92. The summed E-state index contributed by atoms with van der Waals surface area (Å²) in [6.45, 7) is 3.75. The maximum absolute atomic E-state index is 10.2. The zero-order chi connectivity index (χ0) is 12.2. The molecule has 0 aliphatic heterocycles. The third-order valence-corrected chi connectivity index (χ3v) is 2.80. The molecule has 0 aliphatic carbocycles. The highest BCUT2D eigenvalue weighted by atomic mass is 79.9. The van der Waals surface area contributed by atoms with Gasteiger partial charge in [0.05, 0.1) is 5.60 Å². The molecule has 0 heterocycles. The summed E-state index contributed by atoms with van der Waals surface area (Å²) in [5, 5.41) is 10.2. The fraction of sp³-hybridized carbons (Fsp3) is 0.455. The number of halogens is 1. The molecule has 0 atom stereocenters. The lowest BCUT2D eigenvalue weighted by Crippen LogP contribution is -2.24. The Labute approximate surface area is 103 Å². The van der Waals surface area contributed by atoms with Crippen molar-refractivity contribution in [1.82, 2.24) is 0 Å². The first-order valence-electron chi connectivity index (χ1n) is 4.93. The molecule has 16 heavy (non-hydrogen) atoms. The molecule has 0 unspecified atom stereocenters. The van der Waals surface area contributed by atoms with Gasteiger partial charge in [0.2, 0.25) is 6.54 Å². The summed E-state index contributed by atoms with van der Waals surface area (Å²) in [6.07, 6.45) is 0. The lowest BCUT2D eigenvalue weighted by Gasteiger charge is -2.25. The van der Waals surface area contributed by atoms with Crippen LogP contribution in [0.3, 0.4) is 0 Å². The highest BCUT2D eigenvalue weighted by Gasteiger charge is 2.21. The summed E-state index contributed by atoms with van der Waals surface area (Å²) in [4.78, 5) is 9.81. The largest absolute Gasteiger partial charge is 0.364 e. The van der Waals surface area contributed by atoms with Gasteiger partial charge < -0.3 is 4.74 Å². The summed E-state index contributed by atoms with van der Waals surface area (Å²) in [7, 11) is 0. The number of hydrogen-bond donors (Lipinski definition) is 0. The highest BCUT2D eigenvalue weighted by molar-refractivity contribution is 9.10. The van der Waals surface area contributed by atoms with E-state index >= 15 is 0 Å². The number of benzene rings is 1. The van der Waals surface area contributed by atoms with Crippen molar-refractivity contribution in [2.75, 3.05) is 13.2 Å². The first kappa shape index (κ1) is 13.1. The minimum absolute atomic E-state index is 0.121. The van der Waals surface area contributed by atoms with E-state index in [1.54, 1.807) is 0 Å². The van der Waals surface area contributed by atoms with E-state index in [4.69, 9.17) is 4.74 Å². The van der Waals surface area contributed by atoms with Crippen LogP contribution in [0.2, 0.25) is 0 Å². The van der Waals surface area contributed by atoms with Crippen molar-refractivity contribution >= 4 is 15.9 Å². The van der Waals surface area contributed by atoms with Crippen molar-refractivity contribution in [1.29, 1.82) is 0 Å². The number of nitro groups is 1. The molecule has 0 aliphatic rings. The van der Waals surface area contributed by atoms with Gasteiger partial charge in [-0.3, -0.25) is 10.1 Å². The summed E-state index contributed by atoms with van der Waals surface area (Å²) >= 11 is 3.35. The third-order valence-electron chi connectivity index (χ3n) is 2.28. The van der Waals surface area contributed by atoms with Gasteiger partial charge in [-0.1, -0.05) is 28.1 Å². The second kappa shape index (κ2) is 5.41. The van der Waals surface area contributed by atoms with Gasteiger partial charge in [0.25, 0.3) is 0 Å². The zero-order valence-electron chi connectivity index (χ0n) is 9.27. The van der Waals surface area contributed by atoms with Crippen LogP contribution in [-0.2, 0) is 10.3 Å². The van der Waals surface area contributed by atoms with E-state index in [1.807, 2.05) is 38.1 Å². The molecule has 1 rings (SSSR count). The standard InChI is InChI=1S/C11H14BrNO3/c1-11(2,16-8-7-13(14)15)9-3-5-10(12)6-4-9/h3-6H,7-8H2,1-2H3. The molecule has 0 saturated carbocycles. The maximum atomic E-state index is 10.2. The molecule has 88 valence electrons. The van der Waals surface area contributed by atoms with Crippen LogP contribution >= 0.6 is 15.9 Å². The Morgan fingerprint density at radius 1 is 1.38 bits per heavy atom. The second-order valence-corrected chi connectivity index (χ2v) is 4.84. The molecule has 0 spiro atoms. The smallest absolute Gasteiger partial charge is 0.226 e. The molecule has 5 heteroatoms. The number of ether oxygens (including phenoxy) is 1. The molecule has 4 nitrogen and oxygen atoms in total. The first-order chi connectivity index (χ1) is 7.42. The number of nitrogens with zero attached hydrogens (tertiary/aromatic N) is 1. The van der Waals surface area contributed by atoms with Crippen LogP contribution in [0.15, 0.2) is 28.7 Å². The maximum Gasteiger partial charge on any atom is 0.226 e. The fourth-order valence-corrected chi connectivity index (χ4v) is 1.57. The third kappa shape index (κ3) is 3.90. The molecule has 0 fully saturated rings. The monoisotopic (exact) mass is 287 g/mol. The van der Waals surface area contributed by atoms with Gasteiger partial charge in [0, 0.05) is 9.40 Å². The Kier molecular flexibility index (Phi) is 4.44. The Morgan fingerprint density at radius 2 is 1.94 bits per heavy atom. The van der Waals surface area contributed by atoms with Gasteiger partial charge in [-0.15, -0.1) is 0 Å². The molecular weight excluding hydrogens is 274 g/mol. The van der Waals surface area contributed by atoms with Gasteiger partial charge >= 0.3 is 0 Å². The zero-order valence-corrected chi connectivity index (χ0v) is 10.9. The summed E-state index contributed by atoms with van der Waals surface area (Å²) in [5.41, 5.74) is 0.496. The van der Waals surface area contributed by atoms with Crippen molar-refractivity contribution in [2.45, 2.75) is 19.4 Å². The molecule has 0 bridgehead atoms. The predicted molar refractivity (Wildman–Crippen MR) is 65.0 cm³/mol. The molecule has 0 saturated heterocycles. The van der Waals surface area contributed by atoms with Crippen LogP contribution in [-0.4, -0.2) is 18.1 Å².